The minimum absolute atomic E-state index is 0.150. The van der Waals surface area contributed by atoms with E-state index in [4.69, 9.17) is 10.5 Å². The summed E-state index contributed by atoms with van der Waals surface area (Å²) in [6, 6.07) is 13.6. The van der Waals surface area contributed by atoms with Crippen LogP contribution in [0.3, 0.4) is 0 Å². The van der Waals surface area contributed by atoms with E-state index in [1.165, 1.54) is 6.20 Å². The Labute approximate surface area is 222 Å². The predicted molar refractivity (Wildman–Crippen MR) is 147 cm³/mol. The van der Waals surface area contributed by atoms with Crippen LogP contribution in [0.25, 0.3) is 11.1 Å². The lowest BCUT2D eigenvalue weighted by Gasteiger charge is -2.26. The lowest BCUT2D eigenvalue weighted by Crippen LogP contribution is -2.29. The Hall–Kier alpha value is -4.05. The number of esters is 1. The lowest BCUT2D eigenvalue weighted by atomic mass is 9.86. The number of nitrogens with two attached hydrogens (primary N) is 1. The molecule has 4 N–H and O–H groups in total. The first-order chi connectivity index (χ1) is 18.4. The third kappa shape index (κ3) is 6.63. The van der Waals surface area contributed by atoms with Gasteiger partial charge < -0.3 is 21.1 Å². The maximum atomic E-state index is 12.2. The number of hydrogen-bond donors (Lipinski definition) is 3. The Morgan fingerprint density at radius 2 is 1.92 bits per heavy atom. The minimum atomic E-state index is -0.471. The fourth-order valence-electron chi connectivity index (χ4n) is 4.75. The molecule has 0 amide bonds. The van der Waals surface area contributed by atoms with Crippen LogP contribution in [0.1, 0.15) is 54.1 Å². The van der Waals surface area contributed by atoms with Crippen LogP contribution in [-0.2, 0) is 11.3 Å². The van der Waals surface area contributed by atoms with Gasteiger partial charge >= 0.3 is 11.7 Å². The van der Waals surface area contributed by atoms with Gasteiger partial charge in [-0.3, -0.25) is 10.1 Å². The smallest absolute Gasteiger partial charge is 0.338 e. The molecule has 0 spiro atoms. The molecule has 0 bridgehead atoms. The van der Waals surface area contributed by atoms with Crippen LogP contribution in [0.2, 0.25) is 0 Å². The fraction of sp³-hybridized carbons (Fsp3) is 0.393. The number of carbonyl (C=O) groups excluding carboxylic acids is 1. The summed E-state index contributed by atoms with van der Waals surface area (Å²) in [6.07, 6.45) is 5.17. The molecular weight excluding hydrogens is 484 g/mol. The van der Waals surface area contributed by atoms with Crippen LogP contribution in [0.15, 0.2) is 48.7 Å². The monoisotopic (exact) mass is 518 g/mol. The van der Waals surface area contributed by atoms with Crippen molar-refractivity contribution in [3.8, 4) is 11.1 Å². The Balaban J connectivity index is 1.48. The third-order valence-corrected chi connectivity index (χ3v) is 6.98. The van der Waals surface area contributed by atoms with Gasteiger partial charge in [-0.15, -0.1) is 0 Å². The second-order valence-electron chi connectivity index (χ2n) is 9.59. The average Bonchev–Trinajstić information content (AvgIpc) is 2.92. The van der Waals surface area contributed by atoms with E-state index in [0.717, 1.165) is 47.9 Å². The van der Waals surface area contributed by atoms with E-state index in [1.54, 1.807) is 13.0 Å². The molecule has 3 aromatic rings. The normalized spacial score (nSPS) is 17.0. The molecule has 1 heterocycles. The van der Waals surface area contributed by atoms with Gasteiger partial charge in [0.1, 0.15) is 6.20 Å². The number of nitro groups is 1. The number of ether oxygens (including phenoxy) is 1. The zero-order valence-electron chi connectivity index (χ0n) is 21.8. The quantitative estimate of drug-likeness (QED) is 0.190. The molecule has 2 aromatic carbocycles. The Morgan fingerprint density at radius 1 is 1.16 bits per heavy atom. The van der Waals surface area contributed by atoms with Crippen LogP contribution < -0.4 is 16.4 Å². The summed E-state index contributed by atoms with van der Waals surface area (Å²) >= 11 is 0. The van der Waals surface area contributed by atoms with Crippen LogP contribution in [0.5, 0.6) is 0 Å². The number of aromatic nitrogens is 2. The summed E-state index contributed by atoms with van der Waals surface area (Å²) in [5, 5.41) is 17.9. The largest absolute Gasteiger partial charge is 0.462 e. The van der Waals surface area contributed by atoms with Gasteiger partial charge in [0.2, 0.25) is 11.8 Å². The second-order valence-corrected chi connectivity index (χ2v) is 9.59. The van der Waals surface area contributed by atoms with Crippen molar-refractivity contribution in [1.82, 2.24) is 9.97 Å². The summed E-state index contributed by atoms with van der Waals surface area (Å²) in [5.41, 5.74) is 10.3. The molecule has 10 nitrogen and oxygen atoms in total. The van der Waals surface area contributed by atoms with E-state index in [0.29, 0.717) is 37.1 Å². The first-order valence-corrected chi connectivity index (χ1v) is 13.0. The topological polar surface area (TPSA) is 145 Å². The van der Waals surface area contributed by atoms with Crippen molar-refractivity contribution in [3.63, 3.8) is 0 Å². The Bertz CT molecular complexity index is 1290. The molecular formula is C28H34N6O4. The van der Waals surface area contributed by atoms with Crippen molar-refractivity contribution >= 4 is 23.4 Å². The SMILES string of the molecule is CCOC(=O)c1cccc(-c2cccc(CNc3ncc([N+](=O)[O-])c(NCC4CCC(N)CC4)n3)c2C)c1. The molecule has 1 aromatic heterocycles. The number of nitrogens with one attached hydrogen (secondary N) is 2. The molecule has 38 heavy (non-hydrogen) atoms. The van der Waals surface area contributed by atoms with Crippen molar-refractivity contribution < 1.29 is 14.5 Å². The fourth-order valence-corrected chi connectivity index (χ4v) is 4.75. The number of rotatable bonds is 10. The third-order valence-electron chi connectivity index (χ3n) is 6.98. The zero-order chi connectivity index (χ0) is 27.1. The molecule has 0 unspecified atom stereocenters. The molecule has 10 heteroatoms. The van der Waals surface area contributed by atoms with Crippen molar-refractivity contribution in [2.24, 2.45) is 11.7 Å². The number of nitrogens with zero attached hydrogens (tertiary/aromatic N) is 3. The lowest BCUT2D eigenvalue weighted by molar-refractivity contribution is -0.384. The highest BCUT2D eigenvalue weighted by Gasteiger charge is 2.22. The van der Waals surface area contributed by atoms with Gasteiger partial charge in [0.05, 0.1) is 17.1 Å². The maximum Gasteiger partial charge on any atom is 0.338 e. The Kier molecular flexibility index (Phi) is 8.85. The maximum absolute atomic E-state index is 12.2. The highest BCUT2D eigenvalue weighted by Crippen LogP contribution is 2.29. The van der Waals surface area contributed by atoms with Gasteiger partial charge in [0.25, 0.3) is 0 Å². The zero-order valence-corrected chi connectivity index (χ0v) is 21.8. The highest BCUT2D eigenvalue weighted by atomic mass is 16.6. The van der Waals surface area contributed by atoms with E-state index in [2.05, 4.69) is 20.6 Å². The van der Waals surface area contributed by atoms with Crippen LogP contribution in [0.4, 0.5) is 17.5 Å². The van der Waals surface area contributed by atoms with E-state index in [1.807, 2.05) is 43.3 Å². The van der Waals surface area contributed by atoms with Crippen molar-refractivity contribution in [2.45, 2.75) is 52.1 Å². The van der Waals surface area contributed by atoms with Crippen molar-refractivity contribution in [1.29, 1.82) is 0 Å². The van der Waals surface area contributed by atoms with E-state index < -0.39 is 4.92 Å². The molecule has 0 atom stereocenters. The summed E-state index contributed by atoms with van der Waals surface area (Å²) in [5.74, 6) is 0.576. The van der Waals surface area contributed by atoms with Crippen molar-refractivity contribution in [2.75, 3.05) is 23.8 Å². The first-order valence-electron chi connectivity index (χ1n) is 13.0. The van der Waals surface area contributed by atoms with E-state index in [-0.39, 0.29) is 23.5 Å². The minimum Gasteiger partial charge on any atom is -0.462 e. The summed E-state index contributed by atoms with van der Waals surface area (Å²) in [7, 11) is 0. The average molecular weight is 519 g/mol. The molecule has 4 rings (SSSR count). The molecule has 0 saturated heterocycles. The molecule has 1 aliphatic rings. The predicted octanol–water partition coefficient (Wildman–Crippen LogP) is 5.08. The number of anilines is 2. The van der Waals surface area contributed by atoms with E-state index in [9.17, 15) is 14.9 Å². The van der Waals surface area contributed by atoms with Crippen LogP contribution >= 0.6 is 0 Å². The molecule has 200 valence electrons. The van der Waals surface area contributed by atoms with Gasteiger partial charge in [0, 0.05) is 19.1 Å². The number of benzene rings is 2. The highest BCUT2D eigenvalue weighted by molar-refractivity contribution is 5.91. The van der Waals surface area contributed by atoms with Gasteiger partial charge in [-0.25, -0.2) is 9.78 Å². The first kappa shape index (κ1) is 27.0. The molecule has 1 aliphatic carbocycles. The van der Waals surface area contributed by atoms with Gasteiger partial charge in [-0.05, 0) is 79.8 Å². The van der Waals surface area contributed by atoms with Crippen LogP contribution in [0, 0.1) is 23.0 Å². The molecule has 1 fully saturated rings. The van der Waals surface area contributed by atoms with Crippen molar-refractivity contribution in [3.05, 3.63) is 75.5 Å². The van der Waals surface area contributed by atoms with Crippen LogP contribution in [-0.4, -0.2) is 40.1 Å². The molecule has 0 radical (unpaired) electrons. The van der Waals surface area contributed by atoms with Gasteiger partial charge in [-0.2, -0.15) is 4.98 Å². The number of hydrogen-bond acceptors (Lipinski definition) is 9. The molecule has 1 saturated carbocycles. The molecule has 0 aliphatic heterocycles. The van der Waals surface area contributed by atoms with Gasteiger partial charge in [-0.1, -0.05) is 30.3 Å². The number of carbonyl (C=O) groups is 1. The summed E-state index contributed by atoms with van der Waals surface area (Å²) in [6.45, 7) is 5.15. The van der Waals surface area contributed by atoms with Gasteiger partial charge in [0.15, 0.2) is 0 Å². The summed E-state index contributed by atoms with van der Waals surface area (Å²) < 4.78 is 5.13. The van der Waals surface area contributed by atoms with E-state index >= 15 is 0 Å². The second kappa shape index (κ2) is 12.5. The summed E-state index contributed by atoms with van der Waals surface area (Å²) in [4.78, 5) is 31.8. The Morgan fingerprint density at radius 3 is 2.66 bits per heavy atom. The standard InChI is InChI=1S/C28H34N6O4/c1-3-38-27(35)21-7-4-6-20(14-21)24-9-5-8-22(18(24)2)16-31-28-32-17-25(34(36)37)26(33-28)30-15-19-10-12-23(29)13-11-19/h4-9,14,17,19,23H,3,10-13,15-16,29H2,1-2H3,(H2,30,31,32,33).